The highest BCUT2D eigenvalue weighted by molar-refractivity contribution is 14.0. The first-order valence-corrected chi connectivity index (χ1v) is 5.94. The molecular weight excluding hydrogens is 341 g/mol. The van der Waals surface area contributed by atoms with Crippen LogP contribution in [-0.2, 0) is 0 Å². The van der Waals surface area contributed by atoms with Gasteiger partial charge in [-0.3, -0.25) is 4.99 Å². The highest BCUT2D eigenvalue weighted by Crippen LogP contribution is 2.14. The molecule has 0 aromatic heterocycles. The fourth-order valence-corrected chi connectivity index (χ4v) is 1.41. The quantitative estimate of drug-likeness (QED) is 0.428. The second kappa shape index (κ2) is 8.31. The second-order valence-electron chi connectivity index (χ2n) is 4.12. The average Bonchev–Trinajstić information content (AvgIpc) is 2.37. The smallest absolute Gasteiger partial charge is 0.193 e. The number of guanidine groups is 1. The molecule has 1 rings (SSSR count). The van der Waals surface area contributed by atoms with Gasteiger partial charge >= 0.3 is 0 Å². The van der Waals surface area contributed by atoms with Crippen LogP contribution in [-0.4, -0.2) is 23.2 Å². The standard InChI is InChI=1S/C13H21N3O.HI/c1-3-13(17,4-2)10-15-12(14)16-11-8-6-5-7-9-11;/h5-9,17H,3-4,10H2,1-2H3,(H3,14,15,16);1H. The lowest BCUT2D eigenvalue weighted by atomic mass is 9.98. The monoisotopic (exact) mass is 363 g/mol. The number of benzene rings is 1. The number of nitrogens with one attached hydrogen (secondary N) is 1. The third-order valence-corrected chi connectivity index (χ3v) is 2.91. The molecule has 0 aliphatic heterocycles. The van der Waals surface area contributed by atoms with Gasteiger partial charge in [-0.05, 0) is 25.0 Å². The molecule has 0 saturated carbocycles. The molecule has 1 aromatic rings. The van der Waals surface area contributed by atoms with Crippen molar-refractivity contribution in [3.8, 4) is 0 Å². The normalized spacial score (nSPS) is 11.8. The molecular formula is C13H22IN3O. The van der Waals surface area contributed by atoms with E-state index in [-0.39, 0.29) is 24.0 Å². The van der Waals surface area contributed by atoms with Crippen molar-refractivity contribution in [3.05, 3.63) is 30.3 Å². The largest absolute Gasteiger partial charge is 0.388 e. The fraction of sp³-hybridized carbons (Fsp3) is 0.462. The van der Waals surface area contributed by atoms with Crippen molar-refractivity contribution in [3.63, 3.8) is 0 Å². The van der Waals surface area contributed by atoms with Gasteiger partial charge in [0.25, 0.3) is 0 Å². The molecule has 4 nitrogen and oxygen atoms in total. The Morgan fingerprint density at radius 2 is 1.83 bits per heavy atom. The van der Waals surface area contributed by atoms with Gasteiger partial charge in [0.1, 0.15) is 0 Å². The van der Waals surface area contributed by atoms with E-state index in [0.717, 1.165) is 5.69 Å². The van der Waals surface area contributed by atoms with Crippen LogP contribution in [0.5, 0.6) is 0 Å². The van der Waals surface area contributed by atoms with E-state index in [1.807, 2.05) is 44.2 Å². The third-order valence-electron chi connectivity index (χ3n) is 2.91. The molecule has 0 spiro atoms. The first kappa shape index (κ1) is 17.2. The first-order chi connectivity index (χ1) is 8.09. The van der Waals surface area contributed by atoms with Gasteiger partial charge in [-0.15, -0.1) is 24.0 Å². The highest BCUT2D eigenvalue weighted by atomic mass is 127. The minimum absolute atomic E-state index is 0. The molecule has 0 saturated heterocycles. The van der Waals surface area contributed by atoms with Crippen LogP contribution >= 0.6 is 24.0 Å². The topological polar surface area (TPSA) is 70.6 Å². The highest BCUT2D eigenvalue weighted by Gasteiger charge is 2.21. The molecule has 102 valence electrons. The number of rotatable bonds is 5. The molecule has 0 atom stereocenters. The number of halogens is 1. The van der Waals surface area contributed by atoms with E-state index in [1.165, 1.54) is 0 Å². The maximum Gasteiger partial charge on any atom is 0.193 e. The number of hydrogen-bond donors (Lipinski definition) is 3. The molecule has 0 amide bonds. The maximum absolute atomic E-state index is 10.1. The molecule has 0 radical (unpaired) electrons. The van der Waals surface area contributed by atoms with Crippen LogP contribution in [0.2, 0.25) is 0 Å². The lowest BCUT2D eigenvalue weighted by Gasteiger charge is -2.22. The molecule has 0 unspecified atom stereocenters. The summed E-state index contributed by atoms with van der Waals surface area (Å²) >= 11 is 0. The van der Waals surface area contributed by atoms with E-state index >= 15 is 0 Å². The van der Waals surface area contributed by atoms with Crippen molar-refractivity contribution in [2.45, 2.75) is 32.3 Å². The Labute approximate surface area is 126 Å². The average molecular weight is 363 g/mol. The number of nitrogens with two attached hydrogens (primary N) is 1. The van der Waals surface area contributed by atoms with Crippen molar-refractivity contribution in [1.82, 2.24) is 0 Å². The zero-order valence-corrected chi connectivity index (χ0v) is 13.2. The summed E-state index contributed by atoms with van der Waals surface area (Å²) in [6.45, 7) is 4.21. The number of hydrogen-bond acceptors (Lipinski definition) is 2. The number of nitrogens with zero attached hydrogens (tertiary/aromatic N) is 1. The third kappa shape index (κ3) is 5.68. The van der Waals surface area contributed by atoms with Crippen LogP contribution in [0.1, 0.15) is 26.7 Å². The van der Waals surface area contributed by atoms with E-state index in [2.05, 4.69) is 10.3 Å². The first-order valence-electron chi connectivity index (χ1n) is 5.94. The van der Waals surface area contributed by atoms with Crippen molar-refractivity contribution in [2.75, 3.05) is 11.9 Å². The summed E-state index contributed by atoms with van der Waals surface area (Å²) in [6.07, 6.45) is 1.34. The summed E-state index contributed by atoms with van der Waals surface area (Å²) in [6, 6.07) is 9.60. The van der Waals surface area contributed by atoms with Gasteiger partial charge < -0.3 is 16.2 Å². The lowest BCUT2D eigenvalue weighted by Crippen LogP contribution is -2.33. The van der Waals surface area contributed by atoms with Crippen molar-refractivity contribution in [2.24, 2.45) is 10.7 Å². The molecule has 18 heavy (non-hydrogen) atoms. The van der Waals surface area contributed by atoms with Crippen LogP contribution in [0.25, 0.3) is 0 Å². The Bertz CT molecular complexity index is 364. The van der Waals surface area contributed by atoms with Crippen LogP contribution in [0, 0.1) is 0 Å². The number of aliphatic hydroxyl groups is 1. The summed E-state index contributed by atoms with van der Waals surface area (Å²) in [7, 11) is 0. The molecule has 0 heterocycles. The molecule has 1 aromatic carbocycles. The van der Waals surface area contributed by atoms with Crippen molar-refractivity contribution in [1.29, 1.82) is 0 Å². The Morgan fingerprint density at radius 1 is 1.28 bits per heavy atom. The zero-order chi connectivity index (χ0) is 12.7. The number of aliphatic imine (C=N–C) groups is 1. The predicted octanol–water partition coefficient (Wildman–Crippen LogP) is 2.58. The Balaban J connectivity index is 0.00000289. The van der Waals surface area contributed by atoms with Crippen LogP contribution in [0.4, 0.5) is 5.69 Å². The predicted molar refractivity (Wildman–Crippen MR) is 87.5 cm³/mol. The SMILES string of the molecule is CCC(O)(CC)CN=C(N)Nc1ccccc1.I. The van der Waals surface area contributed by atoms with E-state index in [4.69, 9.17) is 5.73 Å². The molecule has 5 heteroatoms. The van der Waals surface area contributed by atoms with Crippen molar-refractivity contribution < 1.29 is 5.11 Å². The maximum atomic E-state index is 10.1. The lowest BCUT2D eigenvalue weighted by molar-refractivity contribution is 0.0419. The van der Waals surface area contributed by atoms with E-state index in [1.54, 1.807) is 0 Å². The van der Waals surface area contributed by atoms with Crippen LogP contribution in [0.15, 0.2) is 35.3 Å². The summed E-state index contributed by atoms with van der Waals surface area (Å²) in [5.41, 5.74) is 5.90. The molecule has 0 bridgehead atoms. The minimum atomic E-state index is -0.747. The van der Waals surface area contributed by atoms with Gasteiger partial charge in [-0.25, -0.2) is 0 Å². The van der Waals surface area contributed by atoms with Gasteiger partial charge in [-0.2, -0.15) is 0 Å². The van der Waals surface area contributed by atoms with Crippen molar-refractivity contribution >= 4 is 35.6 Å². The Kier molecular flexibility index (Phi) is 7.93. The van der Waals surface area contributed by atoms with Crippen LogP contribution in [0.3, 0.4) is 0 Å². The van der Waals surface area contributed by atoms with E-state index in [0.29, 0.717) is 25.3 Å². The summed E-state index contributed by atoms with van der Waals surface area (Å²) in [4.78, 5) is 4.17. The molecule has 0 aliphatic rings. The number of para-hydroxylation sites is 1. The van der Waals surface area contributed by atoms with Gasteiger partial charge in [0, 0.05) is 5.69 Å². The van der Waals surface area contributed by atoms with Gasteiger partial charge in [0.2, 0.25) is 0 Å². The van der Waals surface area contributed by atoms with E-state index in [9.17, 15) is 5.11 Å². The summed E-state index contributed by atoms with van der Waals surface area (Å²) in [5.74, 6) is 0.330. The molecule has 0 fully saturated rings. The second-order valence-corrected chi connectivity index (χ2v) is 4.12. The molecule has 0 aliphatic carbocycles. The summed E-state index contributed by atoms with van der Waals surface area (Å²) < 4.78 is 0. The Hall–Kier alpha value is -0.820. The van der Waals surface area contributed by atoms with Gasteiger partial charge in [0.05, 0.1) is 12.1 Å². The summed E-state index contributed by atoms with van der Waals surface area (Å²) in [5, 5.41) is 13.0. The van der Waals surface area contributed by atoms with Gasteiger partial charge in [0.15, 0.2) is 5.96 Å². The fourth-order valence-electron chi connectivity index (χ4n) is 1.41. The van der Waals surface area contributed by atoms with Crippen LogP contribution < -0.4 is 11.1 Å². The Morgan fingerprint density at radius 3 is 2.33 bits per heavy atom. The number of anilines is 1. The zero-order valence-electron chi connectivity index (χ0n) is 10.9. The van der Waals surface area contributed by atoms with Gasteiger partial charge in [-0.1, -0.05) is 32.0 Å². The van der Waals surface area contributed by atoms with E-state index < -0.39 is 5.60 Å². The minimum Gasteiger partial charge on any atom is -0.388 e. The molecule has 4 N–H and O–H groups in total.